The van der Waals surface area contributed by atoms with E-state index in [1.807, 2.05) is 80.6 Å². The molecule has 2 N–H and O–H groups in total. The second-order valence-corrected chi connectivity index (χ2v) is 12.9. The molecule has 9 nitrogen and oxygen atoms in total. The van der Waals surface area contributed by atoms with Gasteiger partial charge in [-0.25, -0.2) is 19.8 Å². The first-order valence-corrected chi connectivity index (χ1v) is 15.4. The van der Waals surface area contributed by atoms with E-state index < -0.39 is 19.4 Å². The van der Waals surface area contributed by atoms with E-state index in [4.69, 9.17) is 9.62 Å². The van der Waals surface area contributed by atoms with E-state index in [0.717, 1.165) is 15.9 Å². The molecule has 5 aromatic rings. The van der Waals surface area contributed by atoms with E-state index in [0.29, 0.717) is 11.0 Å². The Labute approximate surface area is 245 Å². The van der Waals surface area contributed by atoms with Crippen LogP contribution in [0.25, 0.3) is 11.0 Å². The minimum atomic E-state index is -2.61. The number of esters is 1. The van der Waals surface area contributed by atoms with Gasteiger partial charge in [0.2, 0.25) is 5.95 Å². The number of hydrogen-bond acceptors (Lipinski definition) is 6. The second kappa shape index (κ2) is 13.2. The van der Waals surface area contributed by atoms with Crippen LogP contribution in [0.2, 0.25) is 0 Å². The van der Waals surface area contributed by atoms with Gasteiger partial charge in [0, 0.05) is 4.88 Å². The Bertz CT molecular complexity index is 1580. The van der Waals surface area contributed by atoms with Crippen LogP contribution in [0.3, 0.4) is 0 Å². The molecule has 0 aliphatic heterocycles. The zero-order chi connectivity index (χ0) is 29.4. The maximum atomic E-state index is 13.3. The third kappa shape index (κ3) is 6.21. The molecule has 0 radical (unpaired) electrons. The van der Waals surface area contributed by atoms with Crippen molar-refractivity contribution in [3.8, 4) is 0 Å². The number of rotatable bonds is 10. The third-order valence-electron chi connectivity index (χ3n) is 6.44. The highest BCUT2D eigenvalue weighted by Gasteiger charge is 2.47. The minimum Gasteiger partial charge on any atom is -0.464 e. The van der Waals surface area contributed by atoms with Gasteiger partial charge in [-0.3, -0.25) is 4.79 Å². The summed E-state index contributed by atoms with van der Waals surface area (Å²) in [5, 5.41) is 10.2. The normalized spacial score (nSPS) is 11.6. The number of benzene rings is 4. The van der Waals surface area contributed by atoms with Crippen molar-refractivity contribution in [1.29, 1.82) is 0 Å². The average Bonchev–Trinajstić information content (AvgIpc) is 3.40. The molecule has 4 aromatic carbocycles. The monoisotopic (exact) mass is 579 g/mol. The summed E-state index contributed by atoms with van der Waals surface area (Å²) in [5.41, 5.74) is 4.08. The fourth-order valence-electron chi connectivity index (χ4n) is 4.51. The smallest absolute Gasteiger partial charge is 0.329 e. The predicted octanol–water partition coefficient (Wildman–Crippen LogP) is 5.48. The van der Waals surface area contributed by atoms with Gasteiger partial charge in [0.15, 0.2) is 0 Å². The Kier molecular flexibility index (Phi) is 8.99. The van der Waals surface area contributed by atoms with E-state index in [1.165, 1.54) is 4.57 Å². The van der Waals surface area contributed by atoms with Crippen LogP contribution in [0.1, 0.15) is 13.8 Å². The van der Waals surface area contributed by atoms with E-state index in [2.05, 4.69) is 57.3 Å². The number of fused-ring (bicyclic) bond motifs is 1. The summed E-state index contributed by atoms with van der Waals surface area (Å²) in [6, 6.07) is 37.0. The highest BCUT2D eigenvalue weighted by Crippen LogP contribution is 2.57. The van der Waals surface area contributed by atoms with E-state index in [9.17, 15) is 9.59 Å². The number of aromatic nitrogens is 2. The van der Waals surface area contributed by atoms with E-state index >= 15 is 0 Å². The lowest BCUT2D eigenvalue weighted by Crippen LogP contribution is -2.34. The van der Waals surface area contributed by atoms with Gasteiger partial charge in [-0.2, -0.15) is 0 Å². The summed E-state index contributed by atoms with van der Waals surface area (Å²) < 4.78 is 6.54. The van der Waals surface area contributed by atoms with Crippen molar-refractivity contribution in [3.05, 3.63) is 115 Å². The number of nitrogens with zero attached hydrogens (tertiary/aromatic N) is 4. The van der Waals surface area contributed by atoms with Gasteiger partial charge in [-0.1, -0.05) is 80.6 Å². The van der Waals surface area contributed by atoms with Crippen LogP contribution in [0.4, 0.5) is 10.7 Å². The fraction of sp³-hybridized carbons (Fsp3) is 0.156. The van der Waals surface area contributed by atoms with Crippen LogP contribution in [0, 0.1) is 5.92 Å². The predicted molar refractivity (Wildman–Crippen MR) is 168 cm³/mol. The first kappa shape index (κ1) is 28.6. The quantitative estimate of drug-likeness (QED) is 0.0986. The lowest BCUT2D eigenvalue weighted by molar-refractivity contribution is -0.143. The Balaban J connectivity index is 1.52. The molecule has 0 fully saturated rings. The number of carbonyl (C=O) groups excluding carboxylic acids is 2. The molecule has 1 amide bonds. The number of para-hydroxylation sites is 2. The van der Waals surface area contributed by atoms with Gasteiger partial charge in [-0.05, 0) is 59.7 Å². The molecule has 10 heteroatoms. The maximum Gasteiger partial charge on any atom is 0.329 e. The van der Waals surface area contributed by atoms with Crippen LogP contribution in [0.5, 0.6) is 0 Å². The standard InChI is InChI=1S/C32H31N6O3P/c1-24(2)23-41-30(39)22-33-32(40)38-29-21-13-12-20-28(29)34-31(38)35-36-37-42(25-14-6-3-7-15-25,26-16-8-4-9-17-26)27-18-10-5-11-19-27/h3-21,24H,22-23H2,1-2H3,(H-,33,34,35,37,40)/p+1. The summed E-state index contributed by atoms with van der Waals surface area (Å²) in [6.45, 7) is 3.90. The van der Waals surface area contributed by atoms with Crippen molar-refractivity contribution >= 4 is 52.3 Å². The molecule has 212 valence electrons. The molecule has 1 heterocycles. The molecule has 0 saturated heterocycles. The summed E-state index contributed by atoms with van der Waals surface area (Å²) in [4.78, 5) is 35.1. The zero-order valence-electron chi connectivity index (χ0n) is 23.4. The third-order valence-corrected chi connectivity index (χ3v) is 9.94. The molecule has 0 bridgehead atoms. The van der Waals surface area contributed by atoms with Crippen LogP contribution in [-0.4, -0.2) is 34.7 Å². The lowest BCUT2D eigenvalue weighted by atomic mass is 10.2. The molecular formula is C32H32N6O3P+. The molecule has 0 spiro atoms. The topological polar surface area (TPSA) is 110 Å². The molecule has 42 heavy (non-hydrogen) atoms. The van der Waals surface area contributed by atoms with Gasteiger partial charge in [0.1, 0.15) is 22.5 Å². The first-order valence-electron chi connectivity index (χ1n) is 13.6. The van der Waals surface area contributed by atoms with Crippen LogP contribution in [0.15, 0.2) is 125 Å². The van der Waals surface area contributed by atoms with Crippen molar-refractivity contribution in [2.24, 2.45) is 16.0 Å². The average molecular weight is 580 g/mol. The number of hydrogen-bond donors (Lipinski definition) is 2. The highest BCUT2D eigenvalue weighted by atomic mass is 31.2. The van der Waals surface area contributed by atoms with Crippen molar-refractivity contribution in [1.82, 2.24) is 14.9 Å². The molecule has 5 rings (SSSR count). The minimum absolute atomic E-state index is 0.167. The number of amides is 1. The Hall–Kier alpha value is -4.88. The first-order chi connectivity index (χ1) is 20.5. The summed E-state index contributed by atoms with van der Waals surface area (Å²) >= 11 is 0. The summed E-state index contributed by atoms with van der Waals surface area (Å²) in [5.74, 6) is -0.153. The van der Waals surface area contributed by atoms with Crippen LogP contribution >= 0.6 is 7.41 Å². The van der Waals surface area contributed by atoms with E-state index in [1.54, 1.807) is 12.1 Å². The molecule has 0 aliphatic rings. The molecule has 0 atom stereocenters. The summed E-state index contributed by atoms with van der Waals surface area (Å²) in [7, 11) is -2.61. The molecule has 0 aliphatic carbocycles. The Morgan fingerprint density at radius 3 is 1.88 bits per heavy atom. The van der Waals surface area contributed by atoms with Crippen molar-refractivity contribution in [2.75, 3.05) is 18.6 Å². The number of imidazole rings is 1. The molecule has 1 aromatic heterocycles. The number of anilines is 1. The molecule has 0 saturated carbocycles. The van der Waals surface area contributed by atoms with E-state index in [-0.39, 0.29) is 25.0 Å². The second-order valence-electron chi connectivity index (χ2n) is 9.94. The Morgan fingerprint density at radius 2 is 1.33 bits per heavy atom. The van der Waals surface area contributed by atoms with Gasteiger partial charge in [0.05, 0.1) is 17.6 Å². The largest absolute Gasteiger partial charge is 0.464 e. The maximum absolute atomic E-state index is 13.3. The molecular weight excluding hydrogens is 547 g/mol. The van der Waals surface area contributed by atoms with Crippen molar-refractivity contribution in [2.45, 2.75) is 13.8 Å². The number of ether oxygens (including phenoxy) is 1. The number of carbonyl (C=O) groups is 2. The Morgan fingerprint density at radius 1 is 0.810 bits per heavy atom. The van der Waals surface area contributed by atoms with Gasteiger partial charge in [0.25, 0.3) is 7.41 Å². The van der Waals surface area contributed by atoms with Gasteiger partial charge in [-0.15, -0.1) is 0 Å². The van der Waals surface area contributed by atoms with Crippen LogP contribution < -0.4 is 26.7 Å². The summed E-state index contributed by atoms with van der Waals surface area (Å²) in [6.07, 6.45) is 0. The lowest BCUT2D eigenvalue weighted by Gasteiger charge is -2.20. The van der Waals surface area contributed by atoms with Gasteiger partial charge >= 0.3 is 12.0 Å². The fourth-order valence-corrected chi connectivity index (χ4v) is 7.71. The van der Waals surface area contributed by atoms with Crippen molar-refractivity contribution < 1.29 is 14.3 Å². The zero-order valence-corrected chi connectivity index (χ0v) is 24.3. The SMILES string of the molecule is CC(C)COC(=O)CNC(=O)n1c(N/N=N/[P+](c2ccccc2)(c2ccccc2)c2ccccc2)nc2ccccc21. The van der Waals surface area contributed by atoms with Crippen LogP contribution in [-0.2, 0) is 9.53 Å². The van der Waals surface area contributed by atoms with Crippen molar-refractivity contribution in [3.63, 3.8) is 0 Å². The van der Waals surface area contributed by atoms with Gasteiger partial charge < -0.3 is 10.1 Å². The number of nitrogens with one attached hydrogen (secondary N) is 2. The molecule has 0 unspecified atom stereocenters. The highest BCUT2D eigenvalue weighted by molar-refractivity contribution is 7.94.